The van der Waals surface area contributed by atoms with Crippen molar-refractivity contribution in [2.45, 2.75) is 48.6 Å². The highest BCUT2D eigenvalue weighted by atomic mass is 32.2. The quantitative estimate of drug-likeness (QED) is 0.516. The zero-order chi connectivity index (χ0) is 27.7. The lowest BCUT2D eigenvalue weighted by atomic mass is 10.0. The van der Waals surface area contributed by atoms with Gasteiger partial charge < -0.3 is 14.6 Å². The van der Waals surface area contributed by atoms with Crippen LogP contribution in [-0.4, -0.2) is 76.6 Å². The molecule has 0 aromatic heterocycles. The summed E-state index contributed by atoms with van der Waals surface area (Å²) in [5, 5.41) is 9.82. The highest BCUT2D eigenvalue weighted by Crippen LogP contribution is 2.35. The second kappa shape index (κ2) is 11.2. The van der Waals surface area contributed by atoms with Crippen LogP contribution in [0.15, 0.2) is 52.3 Å². The van der Waals surface area contributed by atoms with Crippen molar-refractivity contribution in [3.63, 3.8) is 0 Å². The van der Waals surface area contributed by atoms with Crippen LogP contribution in [0, 0.1) is 23.7 Å². The van der Waals surface area contributed by atoms with Gasteiger partial charge in [-0.05, 0) is 62.2 Å². The van der Waals surface area contributed by atoms with Crippen LogP contribution in [0.4, 0.5) is 0 Å². The maximum absolute atomic E-state index is 13.6. The van der Waals surface area contributed by atoms with Crippen LogP contribution >= 0.6 is 0 Å². The zero-order valence-electron chi connectivity index (χ0n) is 22.0. The molecular formula is C27H34N2O7S2. The number of nitrogens with zero attached hydrogens (tertiary/aromatic N) is 2. The topological polar surface area (TPSA) is 113 Å². The predicted molar refractivity (Wildman–Crippen MR) is 143 cm³/mol. The summed E-state index contributed by atoms with van der Waals surface area (Å²) in [4.78, 5) is 0.0720. The first kappa shape index (κ1) is 28.4. The van der Waals surface area contributed by atoms with E-state index in [4.69, 9.17) is 9.47 Å². The molecule has 1 fully saturated rings. The van der Waals surface area contributed by atoms with Crippen LogP contribution in [0.5, 0.6) is 11.5 Å². The Hall–Kier alpha value is -2.62. The fourth-order valence-electron chi connectivity index (χ4n) is 4.21. The number of sulfonamides is 2. The van der Waals surface area contributed by atoms with Crippen molar-refractivity contribution in [1.29, 1.82) is 0 Å². The van der Waals surface area contributed by atoms with E-state index in [1.54, 1.807) is 31.2 Å². The first-order valence-corrected chi connectivity index (χ1v) is 15.4. The minimum Gasteiger partial charge on any atom is -0.497 e. The Morgan fingerprint density at radius 3 is 2.50 bits per heavy atom. The highest BCUT2D eigenvalue weighted by Gasteiger charge is 2.39. The second-order valence-electron chi connectivity index (χ2n) is 9.91. The molecule has 4 rings (SSSR count). The summed E-state index contributed by atoms with van der Waals surface area (Å²) < 4.78 is 67.8. The van der Waals surface area contributed by atoms with Crippen LogP contribution in [0.3, 0.4) is 0 Å². The maximum atomic E-state index is 13.6. The first-order chi connectivity index (χ1) is 18.0. The molecule has 2 aromatic carbocycles. The lowest BCUT2D eigenvalue weighted by Gasteiger charge is -2.37. The van der Waals surface area contributed by atoms with Crippen molar-refractivity contribution < 1.29 is 31.4 Å². The van der Waals surface area contributed by atoms with Gasteiger partial charge in [0.15, 0.2) is 0 Å². The van der Waals surface area contributed by atoms with Gasteiger partial charge in [0.05, 0.1) is 25.2 Å². The Bertz CT molecular complexity index is 1430. The van der Waals surface area contributed by atoms with Gasteiger partial charge in [0.25, 0.3) is 0 Å². The normalized spacial score (nSPS) is 22.3. The van der Waals surface area contributed by atoms with Crippen molar-refractivity contribution >= 4 is 20.0 Å². The number of hydrogen-bond acceptors (Lipinski definition) is 7. The summed E-state index contributed by atoms with van der Waals surface area (Å²) in [6.45, 7) is 3.12. The van der Waals surface area contributed by atoms with Gasteiger partial charge >= 0.3 is 0 Å². The van der Waals surface area contributed by atoms with Crippen molar-refractivity contribution in [1.82, 2.24) is 8.61 Å². The van der Waals surface area contributed by atoms with Crippen molar-refractivity contribution in [3.05, 3.63) is 48.0 Å². The SMILES string of the molecule is COc1ccc(S(=O)(=O)N(C)C[C@H]2Oc3cc(C#CC4CC4)ccc3S(=O)(=O)N([C@@H](C)CO)C[C@@H]2C)cc1. The average molecular weight is 563 g/mol. The van der Waals surface area contributed by atoms with E-state index in [0.29, 0.717) is 17.2 Å². The van der Waals surface area contributed by atoms with E-state index in [9.17, 15) is 21.9 Å². The molecule has 38 heavy (non-hydrogen) atoms. The van der Waals surface area contributed by atoms with E-state index < -0.39 is 38.1 Å². The molecule has 2 aliphatic rings. The summed E-state index contributed by atoms with van der Waals surface area (Å²) in [5.41, 5.74) is 0.624. The maximum Gasteiger partial charge on any atom is 0.247 e. The van der Waals surface area contributed by atoms with Gasteiger partial charge in [-0.15, -0.1) is 0 Å². The third-order valence-corrected chi connectivity index (χ3v) is 10.7. The largest absolute Gasteiger partial charge is 0.497 e. The molecule has 2 aromatic rings. The molecule has 1 aliphatic heterocycles. The third-order valence-electron chi connectivity index (χ3n) is 6.87. The number of aliphatic hydroxyl groups is 1. The molecular weight excluding hydrogens is 528 g/mol. The molecule has 0 amide bonds. The number of hydrogen-bond donors (Lipinski definition) is 1. The Kier molecular flexibility index (Phi) is 8.40. The van der Waals surface area contributed by atoms with Gasteiger partial charge in [0, 0.05) is 37.0 Å². The molecule has 1 saturated carbocycles. The van der Waals surface area contributed by atoms with Crippen LogP contribution in [-0.2, 0) is 20.0 Å². The van der Waals surface area contributed by atoms with Gasteiger partial charge in [0.1, 0.15) is 22.5 Å². The Balaban J connectivity index is 1.70. The number of rotatable bonds is 7. The van der Waals surface area contributed by atoms with Crippen LogP contribution in [0.25, 0.3) is 0 Å². The van der Waals surface area contributed by atoms with E-state index in [0.717, 1.165) is 12.8 Å². The van der Waals surface area contributed by atoms with Gasteiger partial charge in [-0.2, -0.15) is 8.61 Å². The molecule has 0 unspecified atom stereocenters. The molecule has 0 spiro atoms. The van der Waals surface area contributed by atoms with E-state index in [2.05, 4.69) is 11.8 Å². The number of methoxy groups -OCH3 is 1. The van der Waals surface area contributed by atoms with Crippen LogP contribution in [0.1, 0.15) is 32.3 Å². The van der Waals surface area contributed by atoms with E-state index in [1.807, 2.05) is 6.92 Å². The lowest BCUT2D eigenvalue weighted by Crippen LogP contribution is -2.50. The van der Waals surface area contributed by atoms with Gasteiger partial charge in [-0.1, -0.05) is 18.8 Å². The van der Waals surface area contributed by atoms with Crippen molar-refractivity contribution in [2.24, 2.45) is 11.8 Å². The fourth-order valence-corrected chi connectivity index (χ4v) is 7.22. The smallest absolute Gasteiger partial charge is 0.247 e. The van der Waals surface area contributed by atoms with Crippen molar-refractivity contribution in [2.75, 3.05) is 33.9 Å². The van der Waals surface area contributed by atoms with E-state index in [1.165, 1.54) is 41.0 Å². The number of ether oxygens (including phenoxy) is 2. The standard InChI is InChI=1S/C27H34N2O7S2/c1-19-16-29(20(2)18-30)38(33,34)27-14-9-22(8-7-21-5-6-21)15-25(27)36-26(19)17-28(3)37(31,32)24-12-10-23(35-4)11-13-24/h9-15,19-21,26,30H,5-6,16-18H2,1-4H3/t19-,20-,26+/m0/s1. The summed E-state index contributed by atoms with van der Waals surface area (Å²) >= 11 is 0. The molecule has 1 aliphatic carbocycles. The van der Waals surface area contributed by atoms with Gasteiger partial charge in [0.2, 0.25) is 20.0 Å². The Morgan fingerprint density at radius 1 is 1.21 bits per heavy atom. The summed E-state index contributed by atoms with van der Waals surface area (Å²) in [6, 6.07) is 10.2. The van der Waals surface area contributed by atoms with Gasteiger partial charge in [-0.25, -0.2) is 16.8 Å². The highest BCUT2D eigenvalue weighted by molar-refractivity contribution is 7.89. The molecule has 1 heterocycles. The van der Waals surface area contributed by atoms with Crippen LogP contribution in [0.2, 0.25) is 0 Å². The molecule has 0 radical (unpaired) electrons. The minimum absolute atomic E-state index is 0.0195. The summed E-state index contributed by atoms with van der Waals surface area (Å²) in [7, 11) is -4.88. The number of fused-ring (bicyclic) bond motifs is 1. The lowest BCUT2D eigenvalue weighted by molar-refractivity contribution is 0.0904. The molecule has 0 saturated heterocycles. The van der Waals surface area contributed by atoms with E-state index >= 15 is 0 Å². The Morgan fingerprint density at radius 2 is 1.89 bits per heavy atom. The molecule has 11 heteroatoms. The molecule has 0 bridgehead atoms. The van der Waals surface area contributed by atoms with Gasteiger partial charge in [-0.3, -0.25) is 0 Å². The Labute approximate surface area is 225 Å². The molecule has 9 nitrogen and oxygen atoms in total. The molecule has 1 N–H and O–H groups in total. The molecule has 206 valence electrons. The number of benzene rings is 2. The van der Waals surface area contributed by atoms with Crippen LogP contribution < -0.4 is 9.47 Å². The summed E-state index contributed by atoms with van der Waals surface area (Å²) in [6.07, 6.45) is 1.44. The predicted octanol–water partition coefficient (Wildman–Crippen LogP) is 2.55. The molecule has 3 atom stereocenters. The summed E-state index contributed by atoms with van der Waals surface area (Å²) in [5.74, 6) is 6.89. The first-order valence-electron chi connectivity index (χ1n) is 12.5. The fraction of sp³-hybridized carbons (Fsp3) is 0.481. The number of aliphatic hydroxyl groups excluding tert-OH is 1. The van der Waals surface area contributed by atoms with E-state index in [-0.39, 0.29) is 35.2 Å². The third kappa shape index (κ3) is 6.00. The second-order valence-corrected chi connectivity index (χ2v) is 13.8. The van der Waals surface area contributed by atoms with Crippen molar-refractivity contribution in [3.8, 4) is 23.3 Å². The average Bonchev–Trinajstić information content (AvgIpc) is 3.73. The zero-order valence-corrected chi connectivity index (χ0v) is 23.6. The minimum atomic E-state index is -4.00. The monoisotopic (exact) mass is 562 g/mol. The number of likely N-dealkylation sites (N-methyl/N-ethyl adjacent to an activating group) is 1.